The Kier molecular flexibility index (Phi) is 39.4. The molecule has 127 heavy (non-hydrogen) atoms. The van der Waals surface area contributed by atoms with E-state index in [1.54, 1.807) is 76.2 Å². The van der Waals surface area contributed by atoms with Gasteiger partial charge in [-0.2, -0.15) is 0 Å². The average Bonchev–Trinajstić information content (AvgIpc) is 1.64. The Balaban J connectivity index is 0.000000300. The normalized spacial score (nSPS) is 31.3. The first-order valence-electron chi connectivity index (χ1n) is 40.5. The highest BCUT2D eigenvalue weighted by Gasteiger charge is 2.61. The fourth-order valence-corrected chi connectivity index (χ4v) is 18.5. The molecule has 722 valence electrons. The number of carbonyl (C=O) groups is 7. The molecular weight excluding hydrogens is 1770 g/mol. The van der Waals surface area contributed by atoms with Crippen molar-refractivity contribution < 1.29 is 151 Å². The summed E-state index contributed by atoms with van der Waals surface area (Å²) in [5, 5.41) is 68.4. The van der Waals surface area contributed by atoms with Gasteiger partial charge in [0, 0.05) is 74.1 Å². The van der Waals surface area contributed by atoms with Crippen LogP contribution in [-0.2, 0) is 108 Å². The van der Waals surface area contributed by atoms with E-state index in [1.807, 2.05) is 0 Å². The average molecular weight is 1900 g/mol. The second-order valence-corrected chi connectivity index (χ2v) is 42.8. The van der Waals surface area contributed by atoms with Gasteiger partial charge >= 0.3 is 23.9 Å². The zero-order chi connectivity index (χ0) is 96.9. The van der Waals surface area contributed by atoms with Crippen LogP contribution >= 0.6 is 30.1 Å². The Bertz CT molecular complexity index is 4240. The lowest BCUT2D eigenvalue weighted by molar-refractivity contribution is -0.149. The number of hydrogen-bond acceptors (Lipinski definition) is 34. The van der Waals surface area contributed by atoms with Gasteiger partial charge in [0.1, 0.15) is 53.6 Å². The van der Waals surface area contributed by atoms with Crippen molar-refractivity contribution in [2.24, 2.45) is 32.4 Å². The minimum atomic E-state index is -3.50. The number of rotatable bonds is 36. The number of aliphatic hydroxyl groups excluding tert-OH is 5. The van der Waals surface area contributed by atoms with E-state index in [0.717, 1.165) is 11.1 Å². The van der Waals surface area contributed by atoms with Crippen LogP contribution in [0, 0.1) is 21.7 Å². The number of esters is 4. The van der Waals surface area contributed by atoms with Crippen molar-refractivity contribution in [1.29, 1.82) is 0 Å². The predicted octanol–water partition coefficient (Wildman–Crippen LogP) is 5.28. The first-order chi connectivity index (χ1) is 58.4. The van der Waals surface area contributed by atoms with Crippen LogP contribution < -0.4 is 42.0 Å². The first-order valence-corrected chi connectivity index (χ1v) is 48.8. The Hall–Kier alpha value is -7.16. The minimum Gasteiger partial charge on any atom is -0.462 e. The number of nitrogens with one attached hydrogen (secondary N) is 7. The molecule has 0 radical (unpaired) electrons. The maximum atomic E-state index is 15.4. The largest absolute Gasteiger partial charge is 0.462 e. The van der Waals surface area contributed by atoms with E-state index in [2.05, 4.69) is 67.6 Å². The van der Waals surface area contributed by atoms with E-state index in [1.165, 1.54) is 115 Å². The van der Waals surface area contributed by atoms with E-state index in [4.69, 9.17) is 61.7 Å². The molecule has 0 spiro atoms. The number of ether oxygens (including phenoxy) is 8. The Morgan fingerprint density at radius 1 is 0.480 bits per heavy atom. The highest BCUT2D eigenvalue weighted by atomic mass is 31.2. The molecule has 8 unspecified atom stereocenters. The summed E-state index contributed by atoms with van der Waals surface area (Å²) in [4.78, 5) is 91.7. The number of halogens is 4. The van der Waals surface area contributed by atoms with Crippen LogP contribution in [0.15, 0.2) is 102 Å². The number of alkyl halides is 3. The van der Waals surface area contributed by atoms with E-state index in [9.17, 15) is 81.7 Å². The maximum Gasteiger partial charge on any atom is 0.323 e. The fourth-order valence-electron chi connectivity index (χ4n) is 13.3. The molecule has 14 N–H and O–H groups in total. The monoisotopic (exact) mass is 1900 g/mol. The number of nitrogens with two attached hydrogens (primary N) is 1. The second kappa shape index (κ2) is 45.3. The van der Waals surface area contributed by atoms with Crippen molar-refractivity contribution in [3.63, 3.8) is 0 Å². The molecule has 0 aromatic rings. The summed E-state index contributed by atoms with van der Waals surface area (Å²) in [6.07, 6.45) is -9.82. The maximum absolute atomic E-state index is 15.4. The van der Waals surface area contributed by atoms with Crippen molar-refractivity contribution in [2.75, 3.05) is 79.5 Å². The van der Waals surface area contributed by atoms with Gasteiger partial charge in [0.15, 0.2) is 55.1 Å². The number of amides is 3. The molecule has 24 atom stereocenters. The Labute approximate surface area is 737 Å². The molecule has 0 aliphatic carbocycles. The van der Waals surface area contributed by atoms with E-state index in [-0.39, 0.29) is 91.8 Å². The van der Waals surface area contributed by atoms with Gasteiger partial charge in [0.05, 0.1) is 118 Å². The van der Waals surface area contributed by atoms with Crippen LogP contribution in [0.4, 0.5) is 17.6 Å². The van der Waals surface area contributed by atoms with Gasteiger partial charge < -0.3 is 123 Å². The molecular formula is C78H129F4N13O28P4. The number of carbonyl (C=O) groups excluding carboxylic acids is 7. The Morgan fingerprint density at radius 3 is 1.02 bits per heavy atom. The summed E-state index contributed by atoms with van der Waals surface area (Å²) in [6.45, 7) is 45.2. The number of aliphatic hydroxyl groups is 5. The molecule has 4 saturated heterocycles. The van der Waals surface area contributed by atoms with Crippen LogP contribution in [0.1, 0.15) is 125 Å². The molecule has 4 fully saturated rings. The minimum absolute atomic E-state index is 0.0372. The molecule has 8 aliphatic rings. The lowest BCUT2D eigenvalue weighted by atomic mass is 9.81. The van der Waals surface area contributed by atoms with Crippen LogP contribution in [0.3, 0.4) is 0 Å². The Morgan fingerprint density at radius 2 is 0.748 bits per heavy atom. The highest BCUT2D eigenvalue weighted by Crippen LogP contribution is 2.51. The van der Waals surface area contributed by atoms with Gasteiger partial charge in [-0.1, -0.05) is 54.0 Å². The molecule has 0 saturated carbocycles. The summed E-state index contributed by atoms with van der Waals surface area (Å²) >= 11 is 0. The van der Waals surface area contributed by atoms with Crippen LogP contribution in [0.5, 0.6) is 0 Å². The third-order valence-corrected chi connectivity index (χ3v) is 27.1. The van der Waals surface area contributed by atoms with Crippen LogP contribution in [0.2, 0.25) is 0 Å². The molecule has 41 nitrogen and oxygen atoms in total. The number of nitrogens with zero attached hydrogens (tertiary/aromatic N) is 5. The lowest BCUT2D eigenvalue weighted by Gasteiger charge is -2.34. The van der Waals surface area contributed by atoms with E-state index >= 15 is 13.2 Å². The van der Waals surface area contributed by atoms with Crippen molar-refractivity contribution in [3.8, 4) is 0 Å². The summed E-state index contributed by atoms with van der Waals surface area (Å²) in [6, 6.07) is -3.57. The summed E-state index contributed by atoms with van der Waals surface area (Å²) in [5.74, 6) is -4.20. The third kappa shape index (κ3) is 28.7. The number of amidine groups is 1. The van der Waals surface area contributed by atoms with Crippen molar-refractivity contribution in [1.82, 2.24) is 55.9 Å². The van der Waals surface area contributed by atoms with Gasteiger partial charge in [-0.3, -0.25) is 51.8 Å². The van der Waals surface area contributed by atoms with Crippen molar-refractivity contribution >= 4 is 77.5 Å². The molecule has 8 rings (SSSR count). The predicted molar refractivity (Wildman–Crippen MR) is 455 cm³/mol. The molecule has 8 aliphatic heterocycles. The lowest BCUT2D eigenvalue weighted by Crippen LogP contribution is -2.47. The number of hydrogen-bond donors (Lipinski definition) is 13. The van der Waals surface area contributed by atoms with Crippen molar-refractivity contribution in [2.45, 2.75) is 247 Å². The summed E-state index contributed by atoms with van der Waals surface area (Å²) in [5.41, 5.74) is 0.736. The SMILES string of the molecule is C=C1N=C(N)C(F)=CN1[C@@H]1O[C@H](COP(C)(=O)N[C@@H](C)C(=O)OC(C)C)[C@@](C)(CO)C1O.C=C1NC(=O)C(C)=CN1[C@@H]1O[C@H](COP(C)(=O)N[C@@H](C)C(=O)OC(C)C)[C@](C)(CO)C1F.C=C1NC(=O)C(C)=CN1[C@@H]1O[C@H](COP(C)(=O)N[C@@H](C)C(=O)OC(C)C)[C@](C)(CO)C1F.C=C1NC(=O)C=CN1[C@@H]1O[C@H](COP(C)(=O)N[C@@H](C)C(=O)OC(C)C)[C@](C)(CO)C1F. The first kappa shape index (κ1) is 110. The van der Waals surface area contributed by atoms with Gasteiger partial charge in [-0.15, -0.1) is 0 Å². The highest BCUT2D eigenvalue weighted by molar-refractivity contribution is 7.57. The zero-order valence-electron chi connectivity index (χ0n) is 75.7. The molecule has 49 heteroatoms. The quantitative estimate of drug-likeness (QED) is 0.0164. The van der Waals surface area contributed by atoms with Crippen LogP contribution in [0.25, 0.3) is 0 Å². The summed E-state index contributed by atoms with van der Waals surface area (Å²) in [7, 11) is -14.0. The van der Waals surface area contributed by atoms with Gasteiger partial charge in [0.2, 0.25) is 0 Å². The molecule has 0 aromatic heterocycles. The zero-order valence-corrected chi connectivity index (χ0v) is 79.2. The fraction of sp³-hybridized carbons (Fsp3) is 0.692. The topological polar surface area (TPSA) is 535 Å². The van der Waals surface area contributed by atoms with E-state index < -0.39 is 212 Å². The standard InChI is InChI=1S/2C20H33FN3O7P.C19H32FN4O7P.C19H31FN3O7P/c2*1-11(2)30-19(27)13(4)23-32(7,28)29-9-15-20(6,10-25)16(21)18(31-15)24-8-12(3)17(26)22-14(24)5;1-10(2)30-18(27)11(3)23-32(6,28)29-8-14-19(5,9-25)15(26)17(31-14)24-7-13(20)16(21)22-12(24)4;1-11(2)29-18(26)12(3)22-31(6,27)28-9-14-19(5,10-24)16(20)17(30-14)23-8-7-15(25)21-13(23)4/h2*8,11,13,15-16,18,25H,5,9-10H2,1-4,6-7H3,(H,22,26)(H,23,28);7,10-11,14-15,17,25-26H,4,8-9H2,1-3,5-6H3,(H2,21,22)(H,23,28);7-8,11-12,14,16-17,24H,4,9-10H2,1-3,5-6H3,(H,21,25)(H,22,27)/t2*13-,15+,16?,18+,20-,32?;11-,14+,15?,17+,19+,32?;12-,14+,16?,17+,19-,31?/m0000/s1. The van der Waals surface area contributed by atoms with Gasteiger partial charge in [0.25, 0.3) is 47.8 Å². The summed E-state index contributed by atoms with van der Waals surface area (Å²) < 4.78 is 177. The number of aliphatic imine (C=N–C) groups is 1. The third-order valence-electron chi connectivity index (χ3n) is 21.2. The smallest absolute Gasteiger partial charge is 0.323 e. The second-order valence-electron chi connectivity index (χ2n) is 34.0. The van der Waals surface area contributed by atoms with Gasteiger partial charge in [-0.25, -0.2) is 42.9 Å². The molecule has 8 heterocycles. The molecule has 3 amide bonds. The van der Waals surface area contributed by atoms with E-state index in [0.29, 0.717) is 11.1 Å². The van der Waals surface area contributed by atoms with Crippen LogP contribution in [-0.4, -0.2) is 295 Å². The van der Waals surface area contributed by atoms with Crippen molar-refractivity contribution in [3.05, 3.63) is 97.4 Å². The van der Waals surface area contributed by atoms with Gasteiger partial charge in [-0.05, 0) is 96.9 Å². The molecule has 0 bridgehead atoms. The molecule has 0 aromatic carbocycles.